The second-order valence-electron chi connectivity index (χ2n) is 4.58. The molecule has 1 aromatic carbocycles. The number of esters is 1. The van der Waals surface area contributed by atoms with E-state index in [2.05, 4.69) is 0 Å². The van der Waals surface area contributed by atoms with Crippen molar-refractivity contribution in [3.63, 3.8) is 0 Å². The van der Waals surface area contributed by atoms with Gasteiger partial charge in [-0.15, -0.1) is 11.3 Å². The Kier molecular flexibility index (Phi) is 3.98. The largest absolute Gasteiger partial charge is 0.497 e. The van der Waals surface area contributed by atoms with Crippen LogP contribution < -0.4 is 9.47 Å². The lowest BCUT2D eigenvalue weighted by Crippen LogP contribution is -1.97. The van der Waals surface area contributed by atoms with Gasteiger partial charge in [0, 0.05) is 11.6 Å². The number of carbonyl (C=O) groups is 1. The molecule has 2 heterocycles. The van der Waals surface area contributed by atoms with E-state index in [1.807, 2.05) is 29.6 Å². The number of carbonyl (C=O) groups excluding carboxylic acids is 1. The van der Waals surface area contributed by atoms with E-state index in [1.54, 1.807) is 32.4 Å². The summed E-state index contributed by atoms with van der Waals surface area (Å²) in [4.78, 5) is 12.9. The third kappa shape index (κ3) is 2.76. The van der Waals surface area contributed by atoms with E-state index in [9.17, 15) is 4.79 Å². The number of thiophene rings is 1. The Labute approximate surface area is 132 Å². The van der Waals surface area contributed by atoms with Crippen molar-refractivity contribution in [2.45, 2.75) is 0 Å². The molecule has 0 saturated heterocycles. The van der Waals surface area contributed by atoms with Crippen LogP contribution in [0.4, 0.5) is 0 Å². The number of hydrogen-bond donors (Lipinski definition) is 0. The summed E-state index contributed by atoms with van der Waals surface area (Å²) in [5.74, 6) is 1.56. The van der Waals surface area contributed by atoms with Gasteiger partial charge in [-0.05, 0) is 35.7 Å². The van der Waals surface area contributed by atoms with E-state index in [0.29, 0.717) is 22.8 Å². The summed E-state index contributed by atoms with van der Waals surface area (Å²) in [5, 5.41) is 1.94. The van der Waals surface area contributed by atoms with Crippen LogP contribution in [0, 0.1) is 0 Å². The first-order valence-corrected chi connectivity index (χ1v) is 7.50. The van der Waals surface area contributed by atoms with Crippen LogP contribution in [0.2, 0.25) is 0 Å². The molecule has 2 aromatic rings. The quantitative estimate of drug-likeness (QED) is 0.637. The molecule has 4 nitrogen and oxygen atoms in total. The first-order chi connectivity index (χ1) is 10.7. The van der Waals surface area contributed by atoms with E-state index >= 15 is 0 Å². The van der Waals surface area contributed by atoms with Gasteiger partial charge in [-0.25, -0.2) is 4.79 Å². The van der Waals surface area contributed by atoms with Crippen LogP contribution in [-0.4, -0.2) is 20.2 Å². The molecule has 1 aliphatic heterocycles. The zero-order valence-corrected chi connectivity index (χ0v) is 13.0. The number of hydrogen-bond acceptors (Lipinski definition) is 5. The van der Waals surface area contributed by atoms with E-state index in [1.165, 1.54) is 11.3 Å². The van der Waals surface area contributed by atoms with E-state index in [-0.39, 0.29) is 5.97 Å². The van der Waals surface area contributed by atoms with E-state index < -0.39 is 0 Å². The zero-order valence-electron chi connectivity index (χ0n) is 12.2. The second kappa shape index (κ2) is 6.07. The third-order valence-electron chi connectivity index (χ3n) is 3.24. The van der Waals surface area contributed by atoms with Crippen molar-refractivity contribution in [3.05, 3.63) is 57.8 Å². The summed E-state index contributed by atoms with van der Waals surface area (Å²) in [6, 6.07) is 9.27. The molecule has 3 rings (SSSR count). The molecule has 0 amide bonds. The van der Waals surface area contributed by atoms with Gasteiger partial charge in [0.2, 0.25) is 0 Å². The van der Waals surface area contributed by atoms with Gasteiger partial charge in [-0.2, -0.15) is 0 Å². The van der Waals surface area contributed by atoms with Crippen molar-refractivity contribution >= 4 is 29.1 Å². The minimum Gasteiger partial charge on any atom is -0.497 e. The summed E-state index contributed by atoms with van der Waals surface area (Å²) in [6.07, 6.45) is 3.50. The molecule has 0 radical (unpaired) electrons. The van der Waals surface area contributed by atoms with Gasteiger partial charge in [-0.3, -0.25) is 0 Å². The van der Waals surface area contributed by atoms with Crippen molar-refractivity contribution in [1.82, 2.24) is 0 Å². The summed E-state index contributed by atoms with van der Waals surface area (Å²) >= 11 is 1.53. The highest BCUT2D eigenvalue weighted by Crippen LogP contribution is 2.32. The maximum absolute atomic E-state index is 12.0. The number of methoxy groups -OCH3 is 2. The molecule has 0 bridgehead atoms. The normalized spacial score (nSPS) is 15.6. The highest BCUT2D eigenvalue weighted by molar-refractivity contribution is 7.11. The fourth-order valence-corrected chi connectivity index (χ4v) is 2.81. The summed E-state index contributed by atoms with van der Waals surface area (Å²) in [7, 11) is 3.17. The first kappa shape index (κ1) is 14.4. The predicted octanol–water partition coefficient (Wildman–Crippen LogP) is 3.75. The molecule has 0 aliphatic carbocycles. The number of rotatable bonds is 4. The Morgan fingerprint density at radius 1 is 1.18 bits per heavy atom. The Bertz CT molecular complexity index is 757. The maximum atomic E-state index is 12.0. The number of cyclic esters (lactones) is 1. The molecule has 1 aromatic heterocycles. The van der Waals surface area contributed by atoms with Crippen LogP contribution in [0.15, 0.2) is 47.4 Å². The Morgan fingerprint density at radius 2 is 2.05 bits per heavy atom. The Morgan fingerprint density at radius 3 is 2.73 bits per heavy atom. The van der Waals surface area contributed by atoms with Crippen LogP contribution in [0.25, 0.3) is 11.8 Å². The van der Waals surface area contributed by atoms with Gasteiger partial charge in [0.15, 0.2) is 0 Å². The lowest BCUT2D eigenvalue weighted by Gasteiger charge is -2.07. The van der Waals surface area contributed by atoms with Gasteiger partial charge in [0.05, 0.1) is 24.7 Å². The molecular formula is C17H14O4S. The molecule has 112 valence electrons. The Balaban J connectivity index is 1.96. The Hall–Kier alpha value is -2.53. The minimum absolute atomic E-state index is 0.360. The van der Waals surface area contributed by atoms with Crippen molar-refractivity contribution in [3.8, 4) is 11.5 Å². The van der Waals surface area contributed by atoms with Gasteiger partial charge < -0.3 is 14.2 Å². The first-order valence-electron chi connectivity index (χ1n) is 6.63. The standard InChI is InChI=1S/C17H14O4S/c1-19-13-6-5-11(14(10-13)20-2)8-12-9-15(21-17(12)18)16-4-3-7-22-16/h3-10H,1-2H3/b12-8+. The number of benzene rings is 1. The zero-order chi connectivity index (χ0) is 15.5. The van der Waals surface area contributed by atoms with Gasteiger partial charge in [0.25, 0.3) is 0 Å². The summed E-state index contributed by atoms with van der Waals surface area (Å²) in [5.41, 5.74) is 1.28. The van der Waals surface area contributed by atoms with E-state index in [4.69, 9.17) is 14.2 Å². The topological polar surface area (TPSA) is 44.8 Å². The lowest BCUT2D eigenvalue weighted by molar-refractivity contribution is -0.130. The second-order valence-corrected chi connectivity index (χ2v) is 5.53. The molecule has 22 heavy (non-hydrogen) atoms. The molecule has 0 spiro atoms. The highest BCUT2D eigenvalue weighted by Gasteiger charge is 2.23. The molecule has 0 unspecified atom stereocenters. The van der Waals surface area contributed by atoms with Gasteiger partial charge in [-0.1, -0.05) is 6.07 Å². The average molecular weight is 314 g/mol. The smallest absolute Gasteiger partial charge is 0.343 e. The fraction of sp³-hybridized carbons (Fsp3) is 0.118. The van der Waals surface area contributed by atoms with Crippen molar-refractivity contribution < 1.29 is 19.0 Å². The van der Waals surface area contributed by atoms with Crippen LogP contribution in [0.5, 0.6) is 11.5 Å². The highest BCUT2D eigenvalue weighted by atomic mass is 32.1. The van der Waals surface area contributed by atoms with Crippen molar-refractivity contribution in [2.24, 2.45) is 0 Å². The van der Waals surface area contributed by atoms with Crippen LogP contribution in [-0.2, 0) is 9.53 Å². The third-order valence-corrected chi connectivity index (χ3v) is 4.13. The van der Waals surface area contributed by atoms with E-state index in [0.717, 1.165) is 10.4 Å². The SMILES string of the molecule is COc1ccc(/C=C2\C=C(c3cccs3)OC2=O)c(OC)c1. The van der Waals surface area contributed by atoms with Crippen molar-refractivity contribution in [1.29, 1.82) is 0 Å². The molecule has 1 aliphatic rings. The number of ether oxygens (including phenoxy) is 3. The minimum atomic E-state index is -0.360. The maximum Gasteiger partial charge on any atom is 0.343 e. The summed E-state index contributed by atoms with van der Waals surface area (Å²) in [6.45, 7) is 0. The molecule has 0 fully saturated rings. The monoisotopic (exact) mass is 314 g/mol. The molecule has 0 atom stereocenters. The van der Waals surface area contributed by atoms with Gasteiger partial charge >= 0.3 is 5.97 Å². The lowest BCUT2D eigenvalue weighted by atomic mass is 10.1. The average Bonchev–Trinajstić information content (AvgIpc) is 3.18. The molecular weight excluding hydrogens is 300 g/mol. The molecule has 5 heteroatoms. The van der Waals surface area contributed by atoms with Crippen molar-refractivity contribution in [2.75, 3.05) is 14.2 Å². The van der Waals surface area contributed by atoms with Gasteiger partial charge in [0.1, 0.15) is 17.3 Å². The fourth-order valence-electron chi connectivity index (χ4n) is 2.13. The predicted molar refractivity (Wildman–Crippen MR) is 85.9 cm³/mol. The molecule has 0 N–H and O–H groups in total. The van der Waals surface area contributed by atoms with Crippen LogP contribution in [0.3, 0.4) is 0 Å². The molecule has 0 saturated carbocycles. The van der Waals surface area contributed by atoms with Crippen LogP contribution >= 0.6 is 11.3 Å². The van der Waals surface area contributed by atoms with Crippen LogP contribution in [0.1, 0.15) is 10.4 Å². The summed E-state index contributed by atoms with van der Waals surface area (Å²) < 4.78 is 15.8.